The topological polar surface area (TPSA) is 29.5 Å². The Bertz CT molecular complexity index is 699. The summed E-state index contributed by atoms with van der Waals surface area (Å²) in [5.74, 6) is -0.237. The largest absolute Gasteiger partial charge is 0.374 e. The zero-order valence-corrected chi connectivity index (χ0v) is 12.4. The number of carbonyl (C=O) groups is 1. The van der Waals surface area contributed by atoms with Crippen molar-refractivity contribution >= 4 is 27.3 Å². The van der Waals surface area contributed by atoms with Crippen LogP contribution in [0, 0.1) is 5.82 Å². The second kappa shape index (κ2) is 5.07. The number of ether oxygens (including phenoxy) is 1. The molecule has 0 unspecified atom stereocenters. The Kier molecular flexibility index (Phi) is 3.19. The Balaban J connectivity index is 1.67. The lowest BCUT2D eigenvalue weighted by molar-refractivity contribution is -0.0443. The first-order valence-electron chi connectivity index (χ1n) is 7.34. The highest BCUT2D eigenvalue weighted by Gasteiger charge is 2.39. The third kappa shape index (κ3) is 2.15. The standard InChI is InChI=1S/C16H16FNO2S/c17-11-3-1-6-14-10(11)9-15(21-14)16(19)18-7-8-20-13-5-2-4-12(13)18/h1,3,6,9,12-13H,2,4-5,7-8H2/t12-,13-/m1/s1. The van der Waals surface area contributed by atoms with E-state index < -0.39 is 0 Å². The average molecular weight is 305 g/mol. The molecule has 1 saturated heterocycles. The van der Waals surface area contributed by atoms with E-state index in [-0.39, 0.29) is 23.9 Å². The van der Waals surface area contributed by atoms with Crippen molar-refractivity contribution in [2.45, 2.75) is 31.4 Å². The van der Waals surface area contributed by atoms with Crippen molar-refractivity contribution in [3.05, 3.63) is 35.0 Å². The SMILES string of the molecule is O=C(c1cc2c(F)cccc2s1)N1CCO[C@@H]2CCC[C@H]21. The molecule has 5 heteroatoms. The molecule has 1 saturated carbocycles. The summed E-state index contributed by atoms with van der Waals surface area (Å²) < 4.78 is 20.4. The highest BCUT2D eigenvalue weighted by atomic mass is 32.1. The summed E-state index contributed by atoms with van der Waals surface area (Å²) in [6, 6.07) is 6.87. The van der Waals surface area contributed by atoms with E-state index in [0.717, 1.165) is 24.0 Å². The van der Waals surface area contributed by atoms with Gasteiger partial charge >= 0.3 is 0 Å². The molecule has 3 nitrogen and oxygen atoms in total. The van der Waals surface area contributed by atoms with Crippen LogP contribution in [0.15, 0.2) is 24.3 Å². The molecule has 1 amide bonds. The molecule has 2 aromatic rings. The zero-order valence-electron chi connectivity index (χ0n) is 11.5. The fourth-order valence-electron chi connectivity index (χ4n) is 3.45. The Hall–Kier alpha value is -1.46. The monoisotopic (exact) mass is 305 g/mol. The molecule has 0 spiro atoms. The van der Waals surface area contributed by atoms with Gasteiger partial charge in [0, 0.05) is 16.6 Å². The first kappa shape index (κ1) is 13.2. The molecule has 1 aliphatic carbocycles. The van der Waals surface area contributed by atoms with Gasteiger partial charge in [-0.15, -0.1) is 11.3 Å². The predicted molar refractivity (Wildman–Crippen MR) is 80.2 cm³/mol. The fourth-order valence-corrected chi connectivity index (χ4v) is 4.48. The van der Waals surface area contributed by atoms with Gasteiger partial charge in [0.05, 0.1) is 23.6 Å². The second-order valence-electron chi connectivity index (χ2n) is 5.67. The normalized spacial score (nSPS) is 25.3. The summed E-state index contributed by atoms with van der Waals surface area (Å²) in [4.78, 5) is 15.3. The minimum atomic E-state index is -0.261. The van der Waals surface area contributed by atoms with Crippen molar-refractivity contribution in [3.63, 3.8) is 0 Å². The van der Waals surface area contributed by atoms with Crippen molar-refractivity contribution < 1.29 is 13.9 Å². The zero-order chi connectivity index (χ0) is 14.4. The minimum Gasteiger partial charge on any atom is -0.374 e. The first-order valence-corrected chi connectivity index (χ1v) is 8.16. The predicted octanol–water partition coefficient (Wildman–Crippen LogP) is 3.43. The summed E-state index contributed by atoms with van der Waals surface area (Å²) in [5.41, 5.74) is 0. The average Bonchev–Trinajstić information content (AvgIpc) is 3.13. The molecule has 4 rings (SSSR count). The van der Waals surface area contributed by atoms with Gasteiger partial charge in [0.2, 0.25) is 0 Å². The van der Waals surface area contributed by atoms with Crippen LogP contribution in [0.4, 0.5) is 4.39 Å². The van der Waals surface area contributed by atoms with E-state index in [1.807, 2.05) is 11.0 Å². The molecule has 1 aliphatic heterocycles. The quantitative estimate of drug-likeness (QED) is 0.808. The van der Waals surface area contributed by atoms with Gasteiger partial charge in [0.1, 0.15) is 5.82 Å². The second-order valence-corrected chi connectivity index (χ2v) is 6.75. The van der Waals surface area contributed by atoms with Crippen LogP contribution >= 0.6 is 11.3 Å². The van der Waals surface area contributed by atoms with Crippen molar-refractivity contribution in [1.29, 1.82) is 0 Å². The van der Waals surface area contributed by atoms with Crippen LogP contribution in [-0.4, -0.2) is 36.1 Å². The van der Waals surface area contributed by atoms with Gasteiger partial charge in [-0.25, -0.2) is 4.39 Å². The van der Waals surface area contributed by atoms with Gasteiger partial charge in [-0.2, -0.15) is 0 Å². The number of rotatable bonds is 1. The number of hydrogen-bond donors (Lipinski definition) is 0. The molecular formula is C16H16FNO2S. The smallest absolute Gasteiger partial charge is 0.264 e. The van der Waals surface area contributed by atoms with Gasteiger partial charge in [-0.1, -0.05) is 6.07 Å². The first-order chi connectivity index (χ1) is 10.2. The number of halogens is 1. The van der Waals surface area contributed by atoms with E-state index in [0.29, 0.717) is 23.4 Å². The van der Waals surface area contributed by atoms with Crippen molar-refractivity contribution in [2.24, 2.45) is 0 Å². The molecule has 1 aromatic heterocycles. The van der Waals surface area contributed by atoms with E-state index in [9.17, 15) is 9.18 Å². The third-order valence-electron chi connectivity index (χ3n) is 4.46. The lowest BCUT2D eigenvalue weighted by atomic mass is 10.1. The van der Waals surface area contributed by atoms with Crippen LogP contribution in [0.2, 0.25) is 0 Å². The van der Waals surface area contributed by atoms with Crippen molar-refractivity contribution in [1.82, 2.24) is 4.90 Å². The number of thiophene rings is 1. The van der Waals surface area contributed by atoms with Crippen LogP contribution < -0.4 is 0 Å². The van der Waals surface area contributed by atoms with Gasteiger partial charge in [-0.05, 0) is 37.5 Å². The molecule has 0 bridgehead atoms. The molecule has 110 valence electrons. The van der Waals surface area contributed by atoms with Crippen LogP contribution in [0.3, 0.4) is 0 Å². The lowest BCUT2D eigenvalue weighted by Crippen LogP contribution is -2.51. The Morgan fingerprint density at radius 3 is 3.14 bits per heavy atom. The van der Waals surface area contributed by atoms with Gasteiger partial charge in [0.25, 0.3) is 5.91 Å². The van der Waals surface area contributed by atoms with Crippen molar-refractivity contribution in [3.8, 4) is 0 Å². The number of hydrogen-bond acceptors (Lipinski definition) is 3. The molecule has 2 atom stereocenters. The van der Waals surface area contributed by atoms with Gasteiger partial charge in [0.15, 0.2) is 0 Å². The van der Waals surface area contributed by atoms with Crippen LogP contribution in [-0.2, 0) is 4.74 Å². The third-order valence-corrected chi connectivity index (χ3v) is 5.55. The highest BCUT2D eigenvalue weighted by Crippen LogP contribution is 2.33. The van der Waals surface area contributed by atoms with Crippen LogP contribution in [0.1, 0.15) is 28.9 Å². The van der Waals surface area contributed by atoms with Crippen molar-refractivity contribution in [2.75, 3.05) is 13.2 Å². The van der Waals surface area contributed by atoms with E-state index in [4.69, 9.17) is 4.74 Å². The van der Waals surface area contributed by atoms with E-state index in [1.165, 1.54) is 17.4 Å². The summed E-state index contributed by atoms with van der Waals surface area (Å²) in [6.45, 7) is 1.24. The molecule has 2 fully saturated rings. The summed E-state index contributed by atoms with van der Waals surface area (Å²) in [6.07, 6.45) is 3.35. The molecule has 2 aliphatic rings. The van der Waals surface area contributed by atoms with E-state index in [2.05, 4.69) is 0 Å². The Morgan fingerprint density at radius 1 is 1.38 bits per heavy atom. The molecule has 0 radical (unpaired) electrons. The lowest BCUT2D eigenvalue weighted by Gasteiger charge is -2.37. The fraction of sp³-hybridized carbons (Fsp3) is 0.438. The molecule has 0 N–H and O–H groups in total. The van der Waals surface area contributed by atoms with Crippen LogP contribution in [0.5, 0.6) is 0 Å². The summed E-state index contributed by atoms with van der Waals surface area (Å²) in [7, 11) is 0. The maximum absolute atomic E-state index is 13.8. The van der Waals surface area contributed by atoms with E-state index >= 15 is 0 Å². The van der Waals surface area contributed by atoms with Gasteiger partial charge < -0.3 is 9.64 Å². The number of nitrogens with zero attached hydrogens (tertiary/aromatic N) is 1. The van der Waals surface area contributed by atoms with Crippen LogP contribution in [0.25, 0.3) is 10.1 Å². The summed E-state index contributed by atoms with van der Waals surface area (Å²) in [5, 5.41) is 0.544. The van der Waals surface area contributed by atoms with E-state index in [1.54, 1.807) is 12.1 Å². The Labute approximate surface area is 126 Å². The highest BCUT2D eigenvalue weighted by molar-refractivity contribution is 7.20. The molecule has 1 aromatic carbocycles. The number of fused-ring (bicyclic) bond motifs is 2. The summed E-state index contributed by atoms with van der Waals surface area (Å²) >= 11 is 1.38. The van der Waals surface area contributed by atoms with Gasteiger partial charge in [-0.3, -0.25) is 4.79 Å². The molecule has 21 heavy (non-hydrogen) atoms. The Morgan fingerprint density at radius 2 is 2.29 bits per heavy atom. The number of carbonyl (C=O) groups excluding carboxylic acids is 1. The maximum Gasteiger partial charge on any atom is 0.264 e. The number of morpholine rings is 1. The maximum atomic E-state index is 13.8. The number of amides is 1. The minimum absolute atomic E-state index is 0.0239. The number of benzene rings is 1. The molecule has 2 heterocycles. The molecular weight excluding hydrogens is 289 g/mol.